The zero-order valence-corrected chi connectivity index (χ0v) is 19.0. The number of benzene rings is 1. The van der Waals surface area contributed by atoms with Gasteiger partial charge in [-0.15, -0.1) is 0 Å². The van der Waals surface area contributed by atoms with Gasteiger partial charge in [0.25, 0.3) is 0 Å². The normalized spacial score (nSPS) is 21.3. The lowest BCUT2D eigenvalue weighted by Crippen LogP contribution is -2.46. The fourth-order valence-corrected chi connectivity index (χ4v) is 5.10. The minimum absolute atomic E-state index is 0.0710. The first-order valence-corrected chi connectivity index (χ1v) is 12.9. The first-order valence-electron chi connectivity index (χ1n) is 11.0. The Morgan fingerprint density at radius 3 is 2.55 bits per heavy atom. The summed E-state index contributed by atoms with van der Waals surface area (Å²) in [7, 11) is -3.38. The molecule has 0 N–H and O–H groups in total. The van der Waals surface area contributed by atoms with Crippen LogP contribution in [-0.4, -0.2) is 79.5 Å². The number of ether oxygens (including phenoxy) is 1. The van der Waals surface area contributed by atoms with Crippen molar-refractivity contribution in [2.24, 2.45) is 0 Å². The van der Waals surface area contributed by atoms with Crippen LogP contribution in [0.1, 0.15) is 24.1 Å². The summed E-state index contributed by atoms with van der Waals surface area (Å²) in [4.78, 5) is 9.08. The lowest BCUT2D eigenvalue weighted by Gasteiger charge is -2.34. The van der Waals surface area contributed by atoms with Crippen LogP contribution in [0.3, 0.4) is 0 Å². The first kappa shape index (κ1) is 22.2. The summed E-state index contributed by atoms with van der Waals surface area (Å²) in [6.45, 7) is 6.87. The average Bonchev–Trinajstić information content (AvgIpc) is 3.41. The zero-order valence-electron chi connectivity index (χ0n) is 18.2. The molecule has 1 aromatic heterocycles. The van der Waals surface area contributed by atoms with E-state index in [0.717, 1.165) is 57.9 Å². The molecule has 2 aliphatic heterocycles. The number of sulfone groups is 1. The summed E-state index contributed by atoms with van der Waals surface area (Å²) >= 11 is 0. The van der Waals surface area contributed by atoms with E-state index < -0.39 is 9.84 Å². The van der Waals surface area contributed by atoms with E-state index in [9.17, 15) is 8.42 Å². The lowest BCUT2D eigenvalue weighted by atomic mass is 10.2. The van der Waals surface area contributed by atoms with E-state index in [0.29, 0.717) is 13.1 Å². The molecular formula is C23H32N4O3S. The van der Waals surface area contributed by atoms with Crippen LogP contribution >= 0.6 is 0 Å². The Kier molecular flexibility index (Phi) is 7.22. The molecule has 0 aliphatic carbocycles. The number of rotatable bonds is 8. The monoisotopic (exact) mass is 444 g/mol. The van der Waals surface area contributed by atoms with Crippen molar-refractivity contribution in [3.63, 3.8) is 0 Å². The zero-order chi connectivity index (χ0) is 21.7. The van der Waals surface area contributed by atoms with E-state index in [1.807, 2.05) is 10.6 Å². The van der Waals surface area contributed by atoms with Crippen LogP contribution in [0.15, 0.2) is 47.8 Å². The van der Waals surface area contributed by atoms with Gasteiger partial charge >= 0.3 is 0 Å². The van der Waals surface area contributed by atoms with Crippen molar-refractivity contribution in [1.82, 2.24) is 19.4 Å². The molecule has 4 rings (SSSR count). The first-order chi connectivity index (χ1) is 15.0. The Balaban J connectivity index is 1.33. The van der Waals surface area contributed by atoms with Crippen LogP contribution < -0.4 is 0 Å². The molecule has 7 nitrogen and oxygen atoms in total. The summed E-state index contributed by atoms with van der Waals surface area (Å²) in [5, 5.41) is 0.155. The minimum atomic E-state index is -3.38. The van der Waals surface area contributed by atoms with Gasteiger partial charge in [-0.2, -0.15) is 0 Å². The van der Waals surface area contributed by atoms with Crippen LogP contribution in [0, 0.1) is 0 Å². The van der Waals surface area contributed by atoms with Crippen LogP contribution in [0.4, 0.5) is 0 Å². The number of hydrogen-bond donors (Lipinski definition) is 0. The van der Waals surface area contributed by atoms with Crippen LogP contribution in [0.2, 0.25) is 0 Å². The van der Waals surface area contributed by atoms with Crippen molar-refractivity contribution in [3.8, 4) is 0 Å². The van der Waals surface area contributed by atoms with E-state index in [4.69, 9.17) is 4.74 Å². The molecule has 2 fully saturated rings. The number of aromatic nitrogens is 2. The van der Waals surface area contributed by atoms with Gasteiger partial charge in [0.15, 0.2) is 0 Å². The molecule has 31 heavy (non-hydrogen) atoms. The molecule has 0 amide bonds. The third kappa shape index (κ3) is 6.04. The van der Waals surface area contributed by atoms with Crippen molar-refractivity contribution < 1.29 is 13.2 Å². The highest BCUT2D eigenvalue weighted by atomic mass is 32.2. The van der Waals surface area contributed by atoms with Crippen molar-refractivity contribution in [2.75, 3.05) is 45.6 Å². The van der Waals surface area contributed by atoms with Crippen LogP contribution in [0.5, 0.6) is 0 Å². The van der Waals surface area contributed by atoms with Crippen LogP contribution in [0.25, 0.3) is 6.08 Å². The van der Waals surface area contributed by atoms with Gasteiger partial charge in [-0.25, -0.2) is 13.4 Å². The van der Waals surface area contributed by atoms with E-state index in [2.05, 4.69) is 51.2 Å². The SMILES string of the molecule is CS(=O)(=O)c1ncc(CN2CCN(C/C=C/c3ccccc3)CC2)n1CC1CCCO1. The second kappa shape index (κ2) is 10.1. The summed E-state index contributed by atoms with van der Waals surface area (Å²) in [6, 6.07) is 10.4. The molecule has 2 saturated heterocycles. The molecule has 2 aliphatic rings. The fraction of sp³-hybridized carbons (Fsp3) is 0.522. The third-order valence-corrected chi connectivity index (χ3v) is 6.96. The molecule has 2 aromatic rings. The van der Waals surface area contributed by atoms with Gasteiger partial charge in [0.05, 0.1) is 24.5 Å². The molecule has 0 radical (unpaired) electrons. The van der Waals surface area contributed by atoms with Crippen molar-refractivity contribution in [3.05, 3.63) is 53.9 Å². The molecule has 0 saturated carbocycles. The van der Waals surface area contributed by atoms with Crippen molar-refractivity contribution in [2.45, 2.75) is 37.2 Å². The Labute approximate surface area is 185 Å². The fourth-order valence-electron chi connectivity index (χ4n) is 4.26. The van der Waals surface area contributed by atoms with Gasteiger partial charge in [-0.05, 0) is 18.4 Å². The molecule has 8 heteroatoms. The molecule has 1 unspecified atom stereocenters. The summed E-state index contributed by atoms with van der Waals surface area (Å²) in [5.41, 5.74) is 2.18. The standard InChI is InChI=1S/C23H32N4O3S/c1-31(28,29)23-24-17-21(27(23)19-22-10-6-16-30-22)18-26-14-12-25(13-15-26)11-5-9-20-7-3-2-4-8-20/h2-5,7-9,17,22H,6,10-16,18-19H2,1H3/b9-5+. The Hall–Kier alpha value is -2.00. The highest BCUT2D eigenvalue weighted by Gasteiger charge is 2.25. The second-order valence-corrected chi connectivity index (χ2v) is 10.3. The van der Waals surface area contributed by atoms with Gasteiger partial charge in [-0.1, -0.05) is 42.5 Å². The quantitative estimate of drug-likeness (QED) is 0.622. The lowest BCUT2D eigenvalue weighted by molar-refractivity contribution is 0.0918. The predicted octanol–water partition coefficient (Wildman–Crippen LogP) is 2.30. The molecule has 1 aromatic carbocycles. The number of hydrogen-bond acceptors (Lipinski definition) is 6. The van der Waals surface area contributed by atoms with E-state index >= 15 is 0 Å². The van der Waals surface area contributed by atoms with Crippen molar-refractivity contribution in [1.29, 1.82) is 0 Å². The average molecular weight is 445 g/mol. The minimum Gasteiger partial charge on any atom is -0.376 e. The van der Waals surface area contributed by atoms with E-state index in [1.165, 1.54) is 11.8 Å². The maximum Gasteiger partial charge on any atom is 0.227 e. The van der Waals surface area contributed by atoms with Crippen LogP contribution in [-0.2, 0) is 27.7 Å². The third-order valence-electron chi connectivity index (χ3n) is 5.97. The number of piperazine rings is 1. The van der Waals surface area contributed by atoms with E-state index in [-0.39, 0.29) is 11.3 Å². The largest absolute Gasteiger partial charge is 0.376 e. The Bertz CT molecular complexity index is 974. The molecule has 168 valence electrons. The molecule has 0 bridgehead atoms. The van der Waals surface area contributed by atoms with Gasteiger partial charge in [-0.3, -0.25) is 9.80 Å². The Morgan fingerprint density at radius 2 is 1.87 bits per heavy atom. The van der Waals surface area contributed by atoms with Crippen molar-refractivity contribution >= 4 is 15.9 Å². The number of nitrogens with zero attached hydrogens (tertiary/aromatic N) is 4. The van der Waals surface area contributed by atoms with E-state index in [1.54, 1.807) is 6.20 Å². The van der Waals surface area contributed by atoms with Gasteiger partial charge in [0, 0.05) is 52.1 Å². The smallest absolute Gasteiger partial charge is 0.227 e. The van der Waals surface area contributed by atoms with Gasteiger partial charge < -0.3 is 9.30 Å². The summed E-state index contributed by atoms with van der Waals surface area (Å²) < 4.78 is 32.1. The van der Waals surface area contributed by atoms with Gasteiger partial charge in [0.1, 0.15) is 0 Å². The predicted molar refractivity (Wildman–Crippen MR) is 122 cm³/mol. The Morgan fingerprint density at radius 1 is 1.13 bits per heavy atom. The highest BCUT2D eigenvalue weighted by Crippen LogP contribution is 2.20. The van der Waals surface area contributed by atoms with Gasteiger partial charge in [0.2, 0.25) is 15.0 Å². The maximum atomic E-state index is 12.2. The molecule has 1 atom stereocenters. The number of imidazole rings is 1. The molecule has 3 heterocycles. The topological polar surface area (TPSA) is 67.7 Å². The molecule has 0 spiro atoms. The maximum absolute atomic E-state index is 12.2. The second-order valence-electron chi connectivity index (χ2n) is 8.44. The summed E-state index contributed by atoms with van der Waals surface area (Å²) in [5.74, 6) is 0. The summed E-state index contributed by atoms with van der Waals surface area (Å²) in [6.07, 6.45) is 9.41. The highest BCUT2D eigenvalue weighted by molar-refractivity contribution is 7.90. The molecular weight excluding hydrogens is 412 g/mol.